The van der Waals surface area contributed by atoms with Gasteiger partial charge in [0.2, 0.25) is 0 Å². The summed E-state index contributed by atoms with van der Waals surface area (Å²) in [5.74, 6) is 0.573. The maximum atomic E-state index is 7.08. The molecule has 0 aliphatic rings. The average Bonchev–Trinajstić information content (AvgIpc) is 2.72. The van der Waals surface area contributed by atoms with E-state index in [1.807, 2.05) is 12.1 Å². The van der Waals surface area contributed by atoms with Crippen LogP contribution in [-0.2, 0) is 4.43 Å². The summed E-state index contributed by atoms with van der Waals surface area (Å²) in [5.41, 5.74) is 0.773. The second-order valence-electron chi connectivity index (χ2n) is 8.85. The molecular formula is C25H30Cl2N2OSi. The highest BCUT2D eigenvalue weighted by Gasteiger charge is 2.50. The molecule has 0 amide bonds. The number of rotatable bonds is 7. The Balaban J connectivity index is 2.09. The first-order valence-electron chi connectivity index (χ1n) is 10.6. The van der Waals surface area contributed by atoms with E-state index in [9.17, 15) is 0 Å². The molecule has 0 saturated carbocycles. The molecule has 0 N–H and O–H groups in total. The van der Waals surface area contributed by atoms with Crippen molar-refractivity contribution in [3.05, 3.63) is 82.4 Å². The molecular weight excluding hydrogens is 443 g/mol. The lowest BCUT2D eigenvalue weighted by Crippen LogP contribution is -2.66. The number of aryl methyl sites for hydroxylation is 1. The van der Waals surface area contributed by atoms with E-state index in [1.165, 1.54) is 10.4 Å². The molecule has 0 spiro atoms. The van der Waals surface area contributed by atoms with Crippen molar-refractivity contribution in [2.45, 2.75) is 52.0 Å². The Labute approximate surface area is 196 Å². The summed E-state index contributed by atoms with van der Waals surface area (Å²) in [7, 11) is -2.63. The third kappa shape index (κ3) is 4.88. The first kappa shape index (κ1) is 23.9. The summed E-state index contributed by atoms with van der Waals surface area (Å²) in [6.07, 6.45) is 0.823. The highest BCUT2D eigenvalue weighted by Crippen LogP contribution is 2.39. The Morgan fingerprint density at radius 1 is 0.871 bits per heavy atom. The smallest absolute Gasteiger partial charge is 0.261 e. The zero-order valence-corrected chi connectivity index (χ0v) is 21.3. The van der Waals surface area contributed by atoms with Crippen LogP contribution in [0.4, 0.5) is 0 Å². The van der Waals surface area contributed by atoms with Gasteiger partial charge in [0.05, 0.1) is 0 Å². The minimum Gasteiger partial charge on any atom is -0.407 e. The van der Waals surface area contributed by atoms with Gasteiger partial charge in [0, 0.05) is 18.1 Å². The summed E-state index contributed by atoms with van der Waals surface area (Å²) in [5, 5.41) is 3.23. The predicted octanol–water partition coefficient (Wildman–Crippen LogP) is 6.16. The van der Waals surface area contributed by atoms with E-state index < -0.39 is 8.32 Å². The lowest BCUT2D eigenvalue weighted by atomic mass is 10.0. The third-order valence-electron chi connectivity index (χ3n) is 5.78. The maximum Gasteiger partial charge on any atom is 0.261 e. The summed E-state index contributed by atoms with van der Waals surface area (Å²) in [6.45, 7) is 11.2. The van der Waals surface area contributed by atoms with E-state index in [0.717, 1.165) is 12.0 Å². The first-order chi connectivity index (χ1) is 14.7. The van der Waals surface area contributed by atoms with E-state index in [4.69, 9.17) is 27.6 Å². The minimum absolute atomic E-state index is 0.00208. The van der Waals surface area contributed by atoms with Gasteiger partial charge < -0.3 is 4.43 Å². The fourth-order valence-corrected chi connectivity index (χ4v) is 9.63. The number of hydrogen-bond acceptors (Lipinski definition) is 3. The summed E-state index contributed by atoms with van der Waals surface area (Å²) in [4.78, 5) is 8.68. The van der Waals surface area contributed by atoms with Crippen molar-refractivity contribution >= 4 is 41.9 Å². The molecule has 0 bridgehead atoms. The highest BCUT2D eigenvalue weighted by atomic mass is 35.5. The van der Waals surface area contributed by atoms with Gasteiger partial charge in [0.1, 0.15) is 16.1 Å². The molecule has 3 rings (SSSR count). The van der Waals surface area contributed by atoms with Crippen molar-refractivity contribution < 1.29 is 4.43 Å². The molecule has 1 unspecified atom stereocenters. The van der Waals surface area contributed by atoms with Crippen LogP contribution >= 0.6 is 23.2 Å². The first-order valence-corrected chi connectivity index (χ1v) is 13.3. The van der Waals surface area contributed by atoms with Crippen LogP contribution in [0.1, 0.15) is 51.4 Å². The van der Waals surface area contributed by atoms with E-state index >= 15 is 0 Å². The summed E-state index contributed by atoms with van der Waals surface area (Å²) in [6, 6.07) is 21.2. The fourth-order valence-electron chi connectivity index (χ4n) is 4.24. The van der Waals surface area contributed by atoms with E-state index in [-0.39, 0.29) is 11.0 Å². The van der Waals surface area contributed by atoms with Gasteiger partial charge in [-0.2, -0.15) is 0 Å². The zero-order chi connectivity index (χ0) is 22.6. The minimum atomic E-state index is -2.63. The monoisotopic (exact) mass is 472 g/mol. The highest BCUT2D eigenvalue weighted by molar-refractivity contribution is 6.99. The quantitative estimate of drug-likeness (QED) is 0.304. The van der Waals surface area contributed by atoms with Crippen molar-refractivity contribution in [1.82, 2.24) is 9.97 Å². The Morgan fingerprint density at radius 3 is 1.71 bits per heavy atom. The van der Waals surface area contributed by atoms with Gasteiger partial charge in [0.25, 0.3) is 8.32 Å². The molecule has 0 aliphatic carbocycles. The van der Waals surface area contributed by atoms with Gasteiger partial charge in [-0.05, 0) is 28.8 Å². The van der Waals surface area contributed by atoms with E-state index in [2.05, 4.69) is 86.2 Å². The lowest BCUT2D eigenvalue weighted by molar-refractivity contribution is 0.267. The number of halogens is 2. The van der Waals surface area contributed by atoms with Crippen LogP contribution in [-0.4, -0.2) is 24.9 Å². The van der Waals surface area contributed by atoms with Gasteiger partial charge in [-0.25, -0.2) is 9.97 Å². The van der Waals surface area contributed by atoms with Crippen molar-refractivity contribution in [3.63, 3.8) is 0 Å². The number of hydrogen-bond donors (Lipinski definition) is 0. The second-order valence-corrected chi connectivity index (χ2v) is 13.9. The molecule has 0 fully saturated rings. The molecule has 6 heteroatoms. The molecule has 0 aliphatic heterocycles. The van der Waals surface area contributed by atoms with Crippen LogP contribution in [0.3, 0.4) is 0 Å². The van der Waals surface area contributed by atoms with Crippen LogP contribution in [0.5, 0.6) is 0 Å². The van der Waals surface area contributed by atoms with Crippen LogP contribution in [0.15, 0.2) is 60.7 Å². The molecule has 31 heavy (non-hydrogen) atoms. The van der Waals surface area contributed by atoms with Gasteiger partial charge in [-0.1, -0.05) is 112 Å². The largest absolute Gasteiger partial charge is 0.407 e. The third-order valence-corrected chi connectivity index (χ3v) is 11.4. The van der Waals surface area contributed by atoms with Crippen LogP contribution < -0.4 is 10.4 Å². The van der Waals surface area contributed by atoms with E-state index in [0.29, 0.717) is 22.7 Å². The van der Waals surface area contributed by atoms with Gasteiger partial charge >= 0.3 is 0 Å². The molecule has 1 aromatic heterocycles. The Hall–Kier alpha value is -1.72. The number of nitrogens with zero attached hydrogens (tertiary/aromatic N) is 2. The van der Waals surface area contributed by atoms with Crippen molar-refractivity contribution in [2.75, 3.05) is 6.61 Å². The molecule has 0 radical (unpaired) electrons. The molecule has 164 valence electrons. The summed E-state index contributed by atoms with van der Waals surface area (Å²) < 4.78 is 7.08. The van der Waals surface area contributed by atoms with Crippen molar-refractivity contribution in [3.8, 4) is 0 Å². The van der Waals surface area contributed by atoms with Crippen LogP contribution in [0.2, 0.25) is 15.3 Å². The molecule has 1 heterocycles. The van der Waals surface area contributed by atoms with Crippen LogP contribution in [0.25, 0.3) is 0 Å². The normalized spacial score (nSPS) is 13.3. The Morgan fingerprint density at radius 2 is 1.32 bits per heavy atom. The molecule has 2 aromatic carbocycles. The average molecular weight is 474 g/mol. The zero-order valence-electron chi connectivity index (χ0n) is 18.8. The SMILES string of the molecule is CCC(CO[Si](c1ccccc1)(c1ccccc1)C(C)(C)C)c1c(Cl)nc(C)nc1Cl. The molecule has 0 saturated heterocycles. The fraction of sp³-hybridized carbons (Fsp3) is 0.360. The van der Waals surface area contributed by atoms with Crippen molar-refractivity contribution in [1.29, 1.82) is 0 Å². The Kier molecular flexibility index (Phi) is 7.58. The number of benzene rings is 2. The van der Waals surface area contributed by atoms with Gasteiger partial charge in [-0.3, -0.25) is 0 Å². The van der Waals surface area contributed by atoms with Crippen molar-refractivity contribution in [2.24, 2.45) is 0 Å². The predicted molar refractivity (Wildman–Crippen MR) is 133 cm³/mol. The second kappa shape index (κ2) is 9.82. The standard InChI is InChI=1S/C25H30Cl2N2OSi/c1-6-19(22-23(26)28-18(2)29-24(22)27)17-30-31(25(3,4)5,20-13-9-7-10-14-20)21-15-11-8-12-16-21/h7-16,19H,6,17H2,1-5H3. The van der Waals surface area contributed by atoms with Gasteiger partial charge in [-0.15, -0.1) is 0 Å². The van der Waals surface area contributed by atoms with Gasteiger partial charge in [0.15, 0.2) is 0 Å². The molecule has 1 atom stereocenters. The summed E-state index contributed by atoms with van der Waals surface area (Å²) >= 11 is 13.0. The van der Waals surface area contributed by atoms with Crippen LogP contribution in [0, 0.1) is 6.92 Å². The molecule has 3 nitrogen and oxygen atoms in total. The maximum absolute atomic E-state index is 7.08. The number of aromatic nitrogens is 2. The lowest BCUT2D eigenvalue weighted by Gasteiger charge is -2.43. The topological polar surface area (TPSA) is 35.0 Å². The Bertz CT molecular complexity index is 945. The van der Waals surface area contributed by atoms with E-state index in [1.54, 1.807) is 6.92 Å². The molecule has 3 aromatic rings.